The van der Waals surface area contributed by atoms with Crippen molar-refractivity contribution in [3.63, 3.8) is 0 Å². The number of hydrogen-bond acceptors (Lipinski definition) is 5. The van der Waals surface area contributed by atoms with E-state index in [4.69, 9.17) is 4.74 Å². The molecule has 1 amide bonds. The number of aromatic amines is 1. The molecule has 0 saturated carbocycles. The van der Waals surface area contributed by atoms with Crippen molar-refractivity contribution in [2.45, 2.75) is 45.2 Å². The minimum atomic E-state index is -1.03. The van der Waals surface area contributed by atoms with Crippen molar-refractivity contribution in [1.82, 2.24) is 20.8 Å². The number of nitrogens with zero attached hydrogens (tertiary/aromatic N) is 1. The maximum absolute atomic E-state index is 12.5. The van der Waals surface area contributed by atoms with Gasteiger partial charge in [-0.3, -0.25) is 9.89 Å². The van der Waals surface area contributed by atoms with Gasteiger partial charge in [-0.25, -0.2) is 4.79 Å². The molecule has 2 rings (SSSR count). The van der Waals surface area contributed by atoms with Crippen LogP contribution in [0.3, 0.4) is 0 Å². The lowest BCUT2D eigenvalue weighted by atomic mass is 9.95. The molecule has 8 heteroatoms. The Hall–Kier alpha value is -1.60. The number of carbonyl (C=O) groups is 2. The molecule has 0 fully saturated rings. The molecule has 1 unspecified atom stereocenters. The van der Waals surface area contributed by atoms with Gasteiger partial charge in [0.2, 0.25) is 0 Å². The molecule has 0 aromatic carbocycles. The first-order valence-electron chi connectivity index (χ1n) is 7.19. The second kappa shape index (κ2) is 7.60. The third-order valence-electron chi connectivity index (χ3n) is 3.80. The quantitative estimate of drug-likeness (QED) is 0.698. The molecule has 1 atom stereocenters. The van der Waals surface area contributed by atoms with Gasteiger partial charge in [-0.2, -0.15) is 5.10 Å². The maximum Gasteiger partial charge on any atom is 0.331 e. The molecule has 0 radical (unpaired) electrons. The zero-order valence-electron chi connectivity index (χ0n) is 13.1. The van der Waals surface area contributed by atoms with Crippen molar-refractivity contribution in [2.75, 3.05) is 13.7 Å². The number of ether oxygens (including phenoxy) is 1. The van der Waals surface area contributed by atoms with E-state index in [1.54, 1.807) is 6.92 Å². The number of halogens is 1. The number of amides is 1. The van der Waals surface area contributed by atoms with E-state index < -0.39 is 11.5 Å². The Morgan fingerprint density at radius 1 is 1.45 bits per heavy atom. The Kier molecular flexibility index (Phi) is 6.37. The monoisotopic (exact) mass is 330 g/mol. The standard InChI is InChI=1S/C14H22N4O3.ClH/c1-4-6-14(2,13(20)21-3)16-12(19)11-9-8-15-7-5-10(9)17-18-11;/h15H,4-8H2,1-3H3,(H,16,19)(H,17,18);1H. The number of aromatic nitrogens is 2. The number of fused-ring (bicyclic) bond motifs is 1. The molecule has 1 aromatic heterocycles. The second-order valence-corrected chi connectivity index (χ2v) is 5.48. The zero-order valence-corrected chi connectivity index (χ0v) is 13.9. The molecule has 0 aliphatic carbocycles. The molecule has 22 heavy (non-hydrogen) atoms. The van der Waals surface area contributed by atoms with Crippen molar-refractivity contribution in [2.24, 2.45) is 0 Å². The Morgan fingerprint density at radius 2 is 2.18 bits per heavy atom. The topological polar surface area (TPSA) is 96.1 Å². The average molecular weight is 331 g/mol. The highest BCUT2D eigenvalue weighted by atomic mass is 35.5. The van der Waals surface area contributed by atoms with Gasteiger partial charge in [0.1, 0.15) is 5.54 Å². The van der Waals surface area contributed by atoms with Crippen molar-refractivity contribution in [3.05, 3.63) is 17.0 Å². The Bertz CT molecular complexity index is 546. The minimum Gasteiger partial charge on any atom is -0.467 e. The summed E-state index contributed by atoms with van der Waals surface area (Å²) in [5.41, 5.74) is 1.18. The first-order chi connectivity index (χ1) is 10.0. The van der Waals surface area contributed by atoms with Gasteiger partial charge in [0.25, 0.3) is 5.91 Å². The summed E-state index contributed by atoms with van der Waals surface area (Å²) in [5, 5.41) is 13.0. The molecule has 7 nitrogen and oxygen atoms in total. The van der Waals surface area contributed by atoms with E-state index in [0.29, 0.717) is 18.7 Å². The summed E-state index contributed by atoms with van der Waals surface area (Å²) in [6.07, 6.45) is 2.08. The number of rotatable bonds is 5. The van der Waals surface area contributed by atoms with Gasteiger partial charge < -0.3 is 15.4 Å². The highest BCUT2D eigenvalue weighted by Gasteiger charge is 2.36. The van der Waals surface area contributed by atoms with E-state index in [9.17, 15) is 9.59 Å². The fourth-order valence-corrected chi connectivity index (χ4v) is 2.66. The summed E-state index contributed by atoms with van der Waals surface area (Å²) in [7, 11) is 1.32. The van der Waals surface area contributed by atoms with Crippen LogP contribution in [0, 0.1) is 0 Å². The second-order valence-electron chi connectivity index (χ2n) is 5.48. The van der Waals surface area contributed by atoms with Gasteiger partial charge in [0, 0.05) is 30.8 Å². The van der Waals surface area contributed by atoms with E-state index >= 15 is 0 Å². The van der Waals surface area contributed by atoms with Gasteiger partial charge >= 0.3 is 5.97 Å². The molecular weight excluding hydrogens is 308 g/mol. The van der Waals surface area contributed by atoms with Gasteiger partial charge in [0.15, 0.2) is 5.69 Å². The fourth-order valence-electron chi connectivity index (χ4n) is 2.66. The molecule has 1 aliphatic rings. The average Bonchev–Trinajstić information content (AvgIpc) is 2.90. The molecule has 124 valence electrons. The van der Waals surface area contributed by atoms with Gasteiger partial charge in [-0.1, -0.05) is 13.3 Å². The van der Waals surface area contributed by atoms with Gasteiger partial charge in [0.05, 0.1) is 7.11 Å². The normalized spacial score (nSPS) is 16.0. The molecular formula is C14H23ClN4O3. The van der Waals surface area contributed by atoms with Crippen LogP contribution in [0.25, 0.3) is 0 Å². The summed E-state index contributed by atoms with van der Waals surface area (Å²) in [6, 6.07) is 0. The lowest BCUT2D eigenvalue weighted by molar-refractivity contribution is -0.147. The smallest absolute Gasteiger partial charge is 0.331 e. The predicted molar refractivity (Wildman–Crippen MR) is 84.0 cm³/mol. The van der Waals surface area contributed by atoms with Gasteiger partial charge in [-0.05, 0) is 13.3 Å². The Labute approximate surface area is 136 Å². The summed E-state index contributed by atoms with van der Waals surface area (Å²) in [5.74, 6) is -0.794. The number of hydrogen-bond donors (Lipinski definition) is 3. The molecule has 3 N–H and O–H groups in total. The lowest BCUT2D eigenvalue weighted by Crippen LogP contribution is -2.53. The van der Waals surface area contributed by atoms with E-state index in [2.05, 4.69) is 20.8 Å². The molecule has 1 aromatic rings. The Balaban J connectivity index is 0.00000242. The number of nitrogens with one attached hydrogen (secondary N) is 3. The van der Waals surface area contributed by atoms with Crippen LogP contribution < -0.4 is 10.6 Å². The SMILES string of the molecule is CCCC(C)(NC(=O)c1n[nH]c2c1CNCC2)C(=O)OC.Cl. The van der Waals surface area contributed by atoms with Crippen LogP contribution in [0.2, 0.25) is 0 Å². The van der Waals surface area contributed by atoms with Gasteiger partial charge in [-0.15, -0.1) is 12.4 Å². The highest BCUT2D eigenvalue weighted by Crippen LogP contribution is 2.19. The largest absolute Gasteiger partial charge is 0.467 e. The van der Waals surface area contributed by atoms with E-state index in [1.165, 1.54) is 7.11 Å². The number of esters is 1. The van der Waals surface area contributed by atoms with Crippen molar-refractivity contribution in [3.8, 4) is 0 Å². The fraction of sp³-hybridized carbons (Fsp3) is 0.643. The first kappa shape index (κ1) is 18.4. The van der Waals surface area contributed by atoms with E-state index in [-0.39, 0.29) is 18.3 Å². The lowest BCUT2D eigenvalue weighted by Gasteiger charge is -2.27. The number of carbonyl (C=O) groups excluding carboxylic acids is 2. The zero-order chi connectivity index (χ0) is 15.5. The van der Waals surface area contributed by atoms with Crippen LogP contribution >= 0.6 is 12.4 Å². The summed E-state index contributed by atoms with van der Waals surface area (Å²) in [4.78, 5) is 24.4. The number of methoxy groups -OCH3 is 1. The van der Waals surface area contributed by atoms with Crippen LogP contribution in [0.1, 0.15) is 48.4 Å². The van der Waals surface area contributed by atoms with Crippen LogP contribution in [0.15, 0.2) is 0 Å². The summed E-state index contributed by atoms with van der Waals surface area (Å²) in [6.45, 7) is 5.11. The van der Waals surface area contributed by atoms with Crippen LogP contribution in [-0.2, 0) is 22.5 Å². The first-order valence-corrected chi connectivity index (χ1v) is 7.19. The Morgan fingerprint density at radius 3 is 2.82 bits per heavy atom. The molecule has 0 spiro atoms. The molecule has 0 saturated heterocycles. The van der Waals surface area contributed by atoms with Crippen molar-refractivity contribution >= 4 is 24.3 Å². The van der Waals surface area contributed by atoms with Crippen LogP contribution in [0.5, 0.6) is 0 Å². The maximum atomic E-state index is 12.5. The molecule has 2 heterocycles. The number of H-pyrrole nitrogens is 1. The third kappa shape index (κ3) is 3.59. The van der Waals surface area contributed by atoms with E-state index in [0.717, 1.165) is 30.6 Å². The molecule has 0 bridgehead atoms. The van der Waals surface area contributed by atoms with Crippen molar-refractivity contribution < 1.29 is 14.3 Å². The summed E-state index contributed by atoms with van der Waals surface area (Å²) >= 11 is 0. The summed E-state index contributed by atoms with van der Waals surface area (Å²) < 4.78 is 4.80. The third-order valence-corrected chi connectivity index (χ3v) is 3.80. The molecule has 1 aliphatic heterocycles. The minimum absolute atomic E-state index is 0. The van der Waals surface area contributed by atoms with E-state index in [1.807, 2.05) is 6.92 Å². The van der Waals surface area contributed by atoms with Crippen molar-refractivity contribution in [1.29, 1.82) is 0 Å². The highest BCUT2D eigenvalue weighted by molar-refractivity contribution is 5.97. The van der Waals surface area contributed by atoms with Crippen LogP contribution in [-0.4, -0.2) is 41.3 Å². The van der Waals surface area contributed by atoms with Crippen LogP contribution in [0.4, 0.5) is 0 Å². The predicted octanol–water partition coefficient (Wildman–Crippen LogP) is 0.939.